The molecule has 0 unspecified atom stereocenters. The highest BCUT2D eigenvalue weighted by Gasteiger charge is 2.34. The summed E-state index contributed by atoms with van der Waals surface area (Å²) in [5.74, 6) is 0.351. The van der Waals surface area contributed by atoms with Gasteiger partial charge >= 0.3 is 6.18 Å². The summed E-state index contributed by atoms with van der Waals surface area (Å²) < 4.78 is 43.2. The first-order valence-electron chi connectivity index (χ1n) is 5.25. The molecule has 0 saturated carbocycles. The molecular formula is C12H10F3NO2. The third-order valence-electron chi connectivity index (χ3n) is 2.43. The topological polar surface area (TPSA) is 46.3 Å². The van der Waals surface area contributed by atoms with Crippen LogP contribution in [-0.2, 0) is 12.6 Å². The summed E-state index contributed by atoms with van der Waals surface area (Å²) in [5.41, 5.74) is -0.668. The number of alkyl halides is 3. The largest absolute Gasteiger partial charge is 0.417 e. The maximum Gasteiger partial charge on any atom is 0.417 e. The van der Waals surface area contributed by atoms with Gasteiger partial charge in [-0.05, 0) is 6.07 Å². The van der Waals surface area contributed by atoms with Gasteiger partial charge in [0.15, 0.2) is 0 Å². The van der Waals surface area contributed by atoms with E-state index in [1.807, 2.05) is 0 Å². The third kappa shape index (κ3) is 2.53. The van der Waals surface area contributed by atoms with Gasteiger partial charge in [0.2, 0.25) is 0 Å². The van der Waals surface area contributed by atoms with E-state index in [0.717, 1.165) is 6.07 Å². The minimum atomic E-state index is -4.44. The van der Waals surface area contributed by atoms with Crippen LogP contribution < -0.4 is 0 Å². The summed E-state index contributed by atoms with van der Waals surface area (Å²) in [6.07, 6.45) is -4.21. The molecule has 0 spiro atoms. The molecular weight excluding hydrogens is 247 g/mol. The van der Waals surface area contributed by atoms with E-state index in [1.54, 1.807) is 0 Å². The standard InChI is InChI=1S/C12H10F3NO2/c13-12(14,15)10-4-2-1-3-9(10)11-7-8(5-6-17)18-16-11/h1-4,7,17H,5-6H2. The van der Waals surface area contributed by atoms with Crippen LogP contribution in [0.15, 0.2) is 34.9 Å². The first kappa shape index (κ1) is 12.6. The molecule has 0 radical (unpaired) electrons. The van der Waals surface area contributed by atoms with Gasteiger partial charge in [-0.15, -0.1) is 0 Å². The van der Waals surface area contributed by atoms with Gasteiger partial charge in [-0.1, -0.05) is 23.4 Å². The van der Waals surface area contributed by atoms with Crippen molar-refractivity contribution in [1.82, 2.24) is 5.16 Å². The summed E-state index contributed by atoms with van der Waals surface area (Å²) in [7, 11) is 0. The summed E-state index contributed by atoms with van der Waals surface area (Å²) in [6.45, 7) is -0.143. The number of nitrogens with zero attached hydrogens (tertiary/aromatic N) is 1. The van der Waals surface area contributed by atoms with Crippen LogP contribution >= 0.6 is 0 Å². The van der Waals surface area contributed by atoms with E-state index in [0.29, 0.717) is 5.76 Å². The zero-order valence-electron chi connectivity index (χ0n) is 9.24. The zero-order chi connectivity index (χ0) is 13.2. The minimum absolute atomic E-state index is 0.0297. The maximum atomic E-state index is 12.8. The predicted molar refractivity (Wildman–Crippen MR) is 57.7 cm³/mol. The van der Waals surface area contributed by atoms with Crippen LogP contribution in [0.1, 0.15) is 11.3 Å². The molecule has 0 amide bonds. The second kappa shape index (κ2) is 4.81. The number of aliphatic hydroxyl groups is 1. The van der Waals surface area contributed by atoms with Crippen molar-refractivity contribution in [1.29, 1.82) is 0 Å². The minimum Gasteiger partial charge on any atom is -0.396 e. The average Bonchev–Trinajstić information content (AvgIpc) is 2.77. The van der Waals surface area contributed by atoms with Crippen LogP contribution in [0.2, 0.25) is 0 Å². The van der Waals surface area contributed by atoms with Crippen LogP contribution in [0, 0.1) is 0 Å². The monoisotopic (exact) mass is 257 g/mol. The lowest BCUT2D eigenvalue weighted by Crippen LogP contribution is -2.06. The van der Waals surface area contributed by atoms with E-state index >= 15 is 0 Å². The molecule has 0 aliphatic rings. The van der Waals surface area contributed by atoms with Crippen molar-refractivity contribution in [3.63, 3.8) is 0 Å². The maximum absolute atomic E-state index is 12.8. The van der Waals surface area contributed by atoms with Gasteiger partial charge < -0.3 is 9.63 Å². The fraction of sp³-hybridized carbons (Fsp3) is 0.250. The van der Waals surface area contributed by atoms with Crippen LogP contribution in [0.25, 0.3) is 11.3 Å². The highest BCUT2D eigenvalue weighted by atomic mass is 19.4. The predicted octanol–water partition coefficient (Wildman–Crippen LogP) is 2.90. The summed E-state index contributed by atoms with van der Waals surface area (Å²) in [6, 6.07) is 6.56. The van der Waals surface area contributed by atoms with E-state index in [9.17, 15) is 13.2 Å². The lowest BCUT2D eigenvalue weighted by molar-refractivity contribution is -0.137. The van der Waals surface area contributed by atoms with Crippen molar-refractivity contribution in [3.05, 3.63) is 41.7 Å². The fourth-order valence-electron chi connectivity index (χ4n) is 1.62. The van der Waals surface area contributed by atoms with E-state index in [-0.39, 0.29) is 24.3 Å². The smallest absolute Gasteiger partial charge is 0.396 e. The van der Waals surface area contributed by atoms with Gasteiger partial charge in [-0.2, -0.15) is 13.2 Å². The van der Waals surface area contributed by atoms with Gasteiger partial charge in [-0.25, -0.2) is 0 Å². The Balaban J connectivity index is 2.43. The molecule has 2 aromatic rings. The van der Waals surface area contributed by atoms with Crippen molar-refractivity contribution in [2.24, 2.45) is 0 Å². The molecule has 1 N–H and O–H groups in total. The molecule has 1 aromatic carbocycles. The van der Waals surface area contributed by atoms with Gasteiger partial charge in [0.25, 0.3) is 0 Å². The lowest BCUT2D eigenvalue weighted by Gasteiger charge is -2.10. The van der Waals surface area contributed by atoms with Crippen LogP contribution in [0.5, 0.6) is 0 Å². The summed E-state index contributed by atoms with van der Waals surface area (Å²) in [4.78, 5) is 0. The van der Waals surface area contributed by atoms with Crippen LogP contribution in [-0.4, -0.2) is 16.9 Å². The average molecular weight is 257 g/mol. The molecule has 0 aliphatic carbocycles. The summed E-state index contributed by atoms with van der Waals surface area (Å²) >= 11 is 0. The molecule has 0 aliphatic heterocycles. The molecule has 0 bridgehead atoms. The van der Waals surface area contributed by atoms with Crippen LogP contribution in [0.3, 0.4) is 0 Å². The molecule has 6 heteroatoms. The van der Waals surface area contributed by atoms with Gasteiger partial charge in [-0.3, -0.25) is 0 Å². The van der Waals surface area contributed by atoms with Crippen LogP contribution in [0.4, 0.5) is 13.2 Å². The number of rotatable bonds is 3. The molecule has 0 atom stereocenters. The Labute approximate surface area is 101 Å². The van der Waals surface area contributed by atoms with Crippen molar-refractivity contribution in [2.75, 3.05) is 6.61 Å². The van der Waals surface area contributed by atoms with Gasteiger partial charge in [0.1, 0.15) is 11.5 Å². The Morgan fingerprint density at radius 1 is 1.22 bits per heavy atom. The Bertz CT molecular complexity index is 534. The molecule has 1 aromatic heterocycles. The normalized spacial score (nSPS) is 11.8. The molecule has 2 rings (SSSR count). The van der Waals surface area contributed by atoms with Crippen molar-refractivity contribution < 1.29 is 22.8 Å². The van der Waals surface area contributed by atoms with Crippen molar-refractivity contribution in [3.8, 4) is 11.3 Å². The number of benzene rings is 1. The highest BCUT2D eigenvalue weighted by molar-refractivity contribution is 5.64. The van der Waals surface area contributed by atoms with Gasteiger partial charge in [0.05, 0.1) is 12.2 Å². The molecule has 18 heavy (non-hydrogen) atoms. The highest BCUT2D eigenvalue weighted by Crippen LogP contribution is 2.36. The number of hydrogen-bond donors (Lipinski definition) is 1. The third-order valence-corrected chi connectivity index (χ3v) is 2.43. The Hall–Kier alpha value is -1.82. The molecule has 96 valence electrons. The quantitative estimate of drug-likeness (QED) is 0.919. The summed E-state index contributed by atoms with van der Waals surface area (Å²) in [5, 5.41) is 12.3. The van der Waals surface area contributed by atoms with E-state index in [4.69, 9.17) is 9.63 Å². The Morgan fingerprint density at radius 2 is 1.94 bits per heavy atom. The van der Waals surface area contributed by atoms with E-state index in [2.05, 4.69) is 5.16 Å². The fourth-order valence-corrected chi connectivity index (χ4v) is 1.62. The Kier molecular flexibility index (Phi) is 3.38. The van der Waals surface area contributed by atoms with E-state index in [1.165, 1.54) is 24.3 Å². The first-order chi connectivity index (χ1) is 8.52. The number of hydrogen-bond acceptors (Lipinski definition) is 3. The lowest BCUT2D eigenvalue weighted by atomic mass is 10.0. The second-order valence-electron chi connectivity index (χ2n) is 3.70. The SMILES string of the molecule is OCCc1cc(-c2ccccc2C(F)(F)F)no1. The number of halogens is 3. The Morgan fingerprint density at radius 3 is 2.61 bits per heavy atom. The zero-order valence-corrected chi connectivity index (χ0v) is 9.24. The van der Waals surface area contributed by atoms with Crippen molar-refractivity contribution >= 4 is 0 Å². The van der Waals surface area contributed by atoms with Gasteiger partial charge in [0, 0.05) is 18.1 Å². The number of aliphatic hydroxyl groups excluding tert-OH is 1. The van der Waals surface area contributed by atoms with Crippen molar-refractivity contribution in [2.45, 2.75) is 12.6 Å². The molecule has 0 fully saturated rings. The second-order valence-corrected chi connectivity index (χ2v) is 3.70. The molecule has 1 heterocycles. The first-order valence-corrected chi connectivity index (χ1v) is 5.25. The van der Waals surface area contributed by atoms with E-state index < -0.39 is 11.7 Å². The molecule has 0 saturated heterocycles. The number of aromatic nitrogens is 1. The molecule has 3 nitrogen and oxygen atoms in total.